The average molecular weight is 275 g/mol. The first kappa shape index (κ1) is 15.5. The molecule has 2 nitrogen and oxygen atoms in total. The van der Waals surface area contributed by atoms with Gasteiger partial charge in [-0.15, -0.1) is 0 Å². The fraction of sp³-hybridized carbons (Fsp3) is 0.667. The molecule has 0 aromatic heterocycles. The lowest BCUT2D eigenvalue weighted by atomic mass is 9.89. The second-order valence-corrected chi connectivity index (χ2v) is 6.08. The molecule has 0 spiro atoms. The van der Waals surface area contributed by atoms with Crippen molar-refractivity contribution in [1.82, 2.24) is 5.32 Å². The standard InChI is InChI=1S/C18H29NO/c1-3-19-12-11-16-8-4-5-9-17(16)14-20-18-10-6-7-15(2)13-18/h4-5,8-9,15,18-19H,3,6-7,10-14H2,1-2H3. The van der Waals surface area contributed by atoms with E-state index in [0.717, 1.165) is 32.0 Å². The molecule has 2 heteroatoms. The third-order valence-corrected chi connectivity index (χ3v) is 4.30. The van der Waals surface area contributed by atoms with Crippen LogP contribution in [0.3, 0.4) is 0 Å². The van der Waals surface area contributed by atoms with Gasteiger partial charge in [0, 0.05) is 0 Å². The van der Waals surface area contributed by atoms with Gasteiger partial charge in [0.15, 0.2) is 0 Å². The van der Waals surface area contributed by atoms with E-state index in [4.69, 9.17) is 4.74 Å². The molecule has 2 atom stereocenters. The van der Waals surface area contributed by atoms with Crippen molar-refractivity contribution < 1.29 is 4.74 Å². The van der Waals surface area contributed by atoms with Gasteiger partial charge >= 0.3 is 0 Å². The third kappa shape index (κ3) is 4.92. The Balaban J connectivity index is 1.85. The predicted octanol–water partition coefficient (Wildman–Crippen LogP) is 3.93. The molecule has 112 valence electrons. The van der Waals surface area contributed by atoms with Gasteiger partial charge in [0.2, 0.25) is 0 Å². The van der Waals surface area contributed by atoms with Crippen LogP contribution in [0, 0.1) is 5.92 Å². The van der Waals surface area contributed by atoms with Crippen LogP contribution in [0.4, 0.5) is 0 Å². The Kier molecular flexibility index (Phi) is 6.55. The van der Waals surface area contributed by atoms with Crippen LogP contribution in [0.1, 0.15) is 50.7 Å². The molecule has 2 unspecified atom stereocenters. The van der Waals surface area contributed by atoms with E-state index in [1.807, 2.05) is 0 Å². The Morgan fingerprint density at radius 3 is 2.75 bits per heavy atom. The summed E-state index contributed by atoms with van der Waals surface area (Å²) in [6.45, 7) is 7.37. The minimum atomic E-state index is 0.473. The molecular formula is C18H29NO. The molecule has 0 bridgehead atoms. The lowest BCUT2D eigenvalue weighted by Crippen LogP contribution is -2.22. The first-order valence-corrected chi connectivity index (χ1v) is 8.18. The maximum Gasteiger partial charge on any atom is 0.0723 e. The van der Waals surface area contributed by atoms with Crippen LogP contribution in [0.15, 0.2) is 24.3 Å². The molecular weight excluding hydrogens is 246 g/mol. The van der Waals surface area contributed by atoms with Gasteiger partial charge in [-0.25, -0.2) is 0 Å². The highest BCUT2D eigenvalue weighted by molar-refractivity contribution is 5.26. The number of benzene rings is 1. The van der Waals surface area contributed by atoms with Gasteiger partial charge in [-0.2, -0.15) is 0 Å². The summed E-state index contributed by atoms with van der Waals surface area (Å²) in [5.41, 5.74) is 2.79. The molecule has 1 aliphatic carbocycles. The molecule has 20 heavy (non-hydrogen) atoms. The van der Waals surface area contributed by atoms with E-state index in [-0.39, 0.29) is 0 Å². The van der Waals surface area contributed by atoms with Crippen LogP contribution in [0.5, 0.6) is 0 Å². The highest BCUT2D eigenvalue weighted by Crippen LogP contribution is 2.26. The number of ether oxygens (including phenoxy) is 1. The normalized spacial score (nSPS) is 22.9. The zero-order chi connectivity index (χ0) is 14.2. The van der Waals surface area contributed by atoms with E-state index in [9.17, 15) is 0 Å². The summed E-state index contributed by atoms with van der Waals surface area (Å²) in [5.74, 6) is 0.831. The van der Waals surface area contributed by atoms with Crippen molar-refractivity contribution in [3.63, 3.8) is 0 Å². The summed E-state index contributed by atoms with van der Waals surface area (Å²) < 4.78 is 6.17. The number of rotatable bonds is 7. The van der Waals surface area contributed by atoms with Crippen LogP contribution in [-0.4, -0.2) is 19.2 Å². The zero-order valence-electron chi connectivity index (χ0n) is 13.0. The van der Waals surface area contributed by atoms with Gasteiger partial charge in [0.05, 0.1) is 12.7 Å². The average Bonchev–Trinajstić information content (AvgIpc) is 2.47. The maximum atomic E-state index is 6.17. The van der Waals surface area contributed by atoms with E-state index in [1.54, 1.807) is 0 Å². The molecule has 1 aliphatic rings. The largest absolute Gasteiger partial charge is 0.374 e. The van der Waals surface area contributed by atoms with Gasteiger partial charge in [-0.3, -0.25) is 0 Å². The highest BCUT2D eigenvalue weighted by Gasteiger charge is 2.19. The molecule has 2 rings (SSSR count). The quantitative estimate of drug-likeness (QED) is 0.761. The Morgan fingerprint density at radius 1 is 1.20 bits per heavy atom. The molecule has 0 radical (unpaired) electrons. The van der Waals surface area contributed by atoms with Gasteiger partial charge in [-0.1, -0.05) is 51.0 Å². The third-order valence-electron chi connectivity index (χ3n) is 4.30. The molecule has 1 aromatic rings. The van der Waals surface area contributed by atoms with Gasteiger partial charge in [0.1, 0.15) is 0 Å². The molecule has 0 heterocycles. The predicted molar refractivity (Wildman–Crippen MR) is 84.9 cm³/mol. The molecule has 1 N–H and O–H groups in total. The zero-order valence-corrected chi connectivity index (χ0v) is 13.0. The topological polar surface area (TPSA) is 21.3 Å². The molecule has 1 fully saturated rings. The van der Waals surface area contributed by atoms with E-state index in [2.05, 4.69) is 43.4 Å². The SMILES string of the molecule is CCNCCc1ccccc1COC1CCCC(C)C1. The number of likely N-dealkylation sites (N-methyl/N-ethyl adjacent to an activating group) is 1. The van der Waals surface area contributed by atoms with E-state index in [1.165, 1.54) is 36.8 Å². The second kappa shape index (κ2) is 8.43. The molecule has 1 saturated carbocycles. The highest BCUT2D eigenvalue weighted by atomic mass is 16.5. The Hall–Kier alpha value is -0.860. The number of hydrogen-bond acceptors (Lipinski definition) is 2. The number of hydrogen-bond donors (Lipinski definition) is 1. The Labute approximate surface area is 123 Å². The van der Waals surface area contributed by atoms with Crippen molar-refractivity contribution in [2.24, 2.45) is 5.92 Å². The summed E-state index contributed by atoms with van der Waals surface area (Å²) in [7, 11) is 0. The number of nitrogens with one attached hydrogen (secondary N) is 1. The molecule has 1 aromatic carbocycles. The van der Waals surface area contributed by atoms with Crippen molar-refractivity contribution in [3.8, 4) is 0 Å². The fourth-order valence-corrected chi connectivity index (χ4v) is 3.08. The van der Waals surface area contributed by atoms with Crippen molar-refractivity contribution in [1.29, 1.82) is 0 Å². The van der Waals surface area contributed by atoms with Crippen molar-refractivity contribution in [3.05, 3.63) is 35.4 Å². The molecule has 0 aliphatic heterocycles. The van der Waals surface area contributed by atoms with E-state index < -0.39 is 0 Å². The van der Waals surface area contributed by atoms with E-state index >= 15 is 0 Å². The van der Waals surface area contributed by atoms with Crippen LogP contribution in [-0.2, 0) is 17.8 Å². The lowest BCUT2D eigenvalue weighted by molar-refractivity contribution is 0.00439. The maximum absolute atomic E-state index is 6.17. The second-order valence-electron chi connectivity index (χ2n) is 6.08. The monoisotopic (exact) mass is 275 g/mol. The minimum Gasteiger partial charge on any atom is -0.374 e. The minimum absolute atomic E-state index is 0.473. The van der Waals surface area contributed by atoms with Gasteiger partial charge < -0.3 is 10.1 Å². The van der Waals surface area contributed by atoms with Crippen LogP contribution in [0.2, 0.25) is 0 Å². The summed E-state index contributed by atoms with van der Waals surface area (Å²) in [6, 6.07) is 8.71. The van der Waals surface area contributed by atoms with Crippen LogP contribution in [0.25, 0.3) is 0 Å². The van der Waals surface area contributed by atoms with Gasteiger partial charge in [-0.05, 0) is 49.4 Å². The Bertz CT molecular complexity index is 391. The van der Waals surface area contributed by atoms with Crippen LogP contribution >= 0.6 is 0 Å². The molecule has 0 amide bonds. The van der Waals surface area contributed by atoms with Crippen molar-refractivity contribution in [2.75, 3.05) is 13.1 Å². The molecule has 0 saturated heterocycles. The summed E-state index contributed by atoms with van der Waals surface area (Å²) in [5, 5.41) is 3.39. The summed E-state index contributed by atoms with van der Waals surface area (Å²) >= 11 is 0. The van der Waals surface area contributed by atoms with Crippen molar-refractivity contribution in [2.45, 2.75) is 58.7 Å². The van der Waals surface area contributed by atoms with E-state index in [0.29, 0.717) is 6.10 Å². The van der Waals surface area contributed by atoms with Gasteiger partial charge in [0.25, 0.3) is 0 Å². The lowest BCUT2D eigenvalue weighted by Gasteiger charge is -2.27. The summed E-state index contributed by atoms with van der Waals surface area (Å²) in [6.07, 6.45) is 6.74. The first-order chi connectivity index (χ1) is 9.79. The summed E-state index contributed by atoms with van der Waals surface area (Å²) in [4.78, 5) is 0. The van der Waals surface area contributed by atoms with Crippen LogP contribution < -0.4 is 5.32 Å². The first-order valence-electron chi connectivity index (χ1n) is 8.18. The fourth-order valence-electron chi connectivity index (χ4n) is 3.08. The van der Waals surface area contributed by atoms with Crippen molar-refractivity contribution >= 4 is 0 Å². The smallest absolute Gasteiger partial charge is 0.0723 e. The Morgan fingerprint density at radius 2 is 2.00 bits per heavy atom.